The Balaban J connectivity index is 1.99. The second-order valence-corrected chi connectivity index (χ2v) is 5.10. The molecule has 0 atom stereocenters. The normalized spacial score (nSPS) is 10.5. The van der Waals surface area contributed by atoms with Gasteiger partial charge in [-0.15, -0.1) is 0 Å². The highest BCUT2D eigenvalue weighted by molar-refractivity contribution is 5.92. The van der Waals surface area contributed by atoms with Gasteiger partial charge in [0.15, 0.2) is 0 Å². The largest absolute Gasteiger partial charge is 0.467 e. The number of nitrogens with two attached hydrogens (primary N) is 1. The van der Waals surface area contributed by atoms with Gasteiger partial charge in [0.25, 0.3) is 5.91 Å². The Hall–Kier alpha value is -3.15. The molecule has 0 aliphatic heterocycles. The zero-order valence-corrected chi connectivity index (χ0v) is 12.6. The van der Waals surface area contributed by atoms with E-state index in [4.69, 9.17) is 10.2 Å². The zero-order chi connectivity index (χ0) is 16.2. The Bertz CT molecular complexity index is 801. The van der Waals surface area contributed by atoms with Gasteiger partial charge in [0.2, 0.25) is 5.95 Å². The van der Waals surface area contributed by atoms with Crippen LogP contribution in [0.15, 0.2) is 59.2 Å². The van der Waals surface area contributed by atoms with Gasteiger partial charge in [-0.3, -0.25) is 4.79 Å². The number of hydrogen-bond acceptors (Lipinski definition) is 5. The first-order valence-corrected chi connectivity index (χ1v) is 7.11. The number of hydrogen-bond donors (Lipinski definition) is 1. The van der Waals surface area contributed by atoms with E-state index >= 15 is 0 Å². The summed E-state index contributed by atoms with van der Waals surface area (Å²) in [5.74, 6) is 0.607. The first-order valence-electron chi connectivity index (χ1n) is 7.11. The van der Waals surface area contributed by atoms with Gasteiger partial charge in [0.1, 0.15) is 11.5 Å². The molecule has 1 amide bonds. The molecule has 0 bridgehead atoms. The highest BCUT2D eigenvalue weighted by atomic mass is 16.3. The topological polar surface area (TPSA) is 85.3 Å². The minimum Gasteiger partial charge on any atom is -0.467 e. The summed E-state index contributed by atoms with van der Waals surface area (Å²) in [6.45, 7) is 0.490. The summed E-state index contributed by atoms with van der Waals surface area (Å²) in [5.41, 5.74) is 7.12. The van der Waals surface area contributed by atoms with E-state index in [9.17, 15) is 4.79 Å². The van der Waals surface area contributed by atoms with Crippen molar-refractivity contribution in [2.75, 3.05) is 11.9 Å². The van der Waals surface area contributed by atoms with E-state index in [1.807, 2.05) is 49.5 Å². The number of primary amides is 1. The number of carbonyl (C=O) groups excluding carboxylic acids is 1. The highest BCUT2D eigenvalue weighted by Gasteiger charge is 2.14. The van der Waals surface area contributed by atoms with E-state index in [0.29, 0.717) is 18.2 Å². The molecule has 0 unspecified atom stereocenters. The van der Waals surface area contributed by atoms with Crippen LogP contribution in [0.1, 0.15) is 16.2 Å². The van der Waals surface area contributed by atoms with Crippen LogP contribution in [0.5, 0.6) is 0 Å². The molecule has 0 fully saturated rings. The Kier molecular flexibility index (Phi) is 4.05. The number of anilines is 1. The SMILES string of the molecule is CN(Cc1ccco1)c1nc(C(N)=O)cc(-c2ccccc2)n1. The third-order valence-electron chi connectivity index (χ3n) is 3.35. The van der Waals surface area contributed by atoms with E-state index < -0.39 is 5.91 Å². The maximum absolute atomic E-state index is 11.6. The van der Waals surface area contributed by atoms with Crippen LogP contribution < -0.4 is 10.6 Å². The van der Waals surface area contributed by atoms with Crippen LogP contribution >= 0.6 is 0 Å². The van der Waals surface area contributed by atoms with Gasteiger partial charge in [-0.1, -0.05) is 30.3 Å². The molecule has 0 aliphatic rings. The molecule has 23 heavy (non-hydrogen) atoms. The number of amides is 1. The van der Waals surface area contributed by atoms with E-state index in [2.05, 4.69) is 9.97 Å². The van der Waals surface area contributed by atoms with Crippen LogP contribution in [0.25, 0.3) is 11.3 Å². The second kappa shape index (κ2) is 6.31. The molecule has 1 aromatic carbocycles. The van der Waals surface area contributed by atoms with Gasteiger partial charge in [0.05, 0.1) is 18.5 Å². The van der Waals surface area contributed by atoms with Crippen molar-refractivity contribution in [1.29, 1.82) is 0 Å². The fraction of sp³-hybridized carbons (Fsp3) is 0.118. The van der Waals surface area contributed by atoms with E-state index in [0.717, 1.165) is 11.3 Å². The molecule has 0 aliphatic carbocycles. The van der Waals surface area contributed by atoms with Crippen LogP contribution in [0.2, 0.25) is 0 Å². The lowest BCUT2D eigenvalue weighted by Crippen LogP contribution is -2.22. The lowest BCUT2D eigenvalue weighted by molar-refractivity contribution is 0.0995. The Labute approximate surface area is 133 Å². The van der Waals surface area contributed by atoms with E-state index in [1.165, 1.54) is 0 Å². The van der Waals surface area contributed by atoms with E-state index in [1.54, 1.807) is 17.2 Å². The van der Waals surface area contributed by atoms with Gasteiger partial charge in [-0.05, 0) is 18.2 Å². The van der Waals surface area contributed by atoms with Crippen LogP contribution in [-0.2, 0) is 6.54 Å². The van der Waals surface area contributed by atoms with Crippen LogP contribution in [-0.4, -0.2) is 22.9 Å². The predicted molar refractivity (Wildman–Crippen MR) is 86.8 cm³/mol. The van der Waals surface area contributed by atoms with Crippen LogP contribution in [0.3, 0.4) is 0 Å². The molecule has 0 saturated heterocycles. The quantitative estimate of drug-likeness (QED) is 0.782. The molecule has 0 radical (unpaired) electrons. The van der Waals surface area contributed by atoms with Crippen molar-refractivity contribution in [3.8, 4) is 11.3 Å². The van der Waals surface area contributed by atoms with Crippen molar-refractivity contribution in [1.82, 2.24) is 9.97 Å². The van der Waals surface area contributed by atoms with Gasteiger partial charge in [-0.2, -0.15) is 0 Å². The predicted octanol–water partition coefficient (Wildman–Crippen LogP) is 2.47. The molecule has 0 saturated carbocycles. The highest BCUT2D eigenvalue weighted by Crippen LogP contribution is 2.21. The van der Waals surface area contributed by atoms with Crippen molar-refractivity contribution in [2.45, 2.75) is 6.54 Å². The second-order valence-electron chi connectivity index (χ2n) is 5.10. The molecule has 3 aromatic rings. The third-order valence-corrected chi connectivity index (χ3v) is 3.35. The summed E-state index contributed by atoms with van der Waals surface area (Å²) in [4.78, 5) is 22.1. The van der Waals surface area contributed by atoms with Gasteiger partial charge < -0.3 is 15.1 Å². The minimum absolute atomic E-state index is 0.181. The Morgan fingerprint density at radius 3 is 2.61 bits per heavy atom. The van der Waals surface area contributed by atoms with Gasteiger partial charge in [-0.25, -0.2) is 9.97 Å². The summed E-state index contributed by atoms with van der Waals surface area (Å²) >= 11 is 0. The van der Waals surface area contributed by atoms with Crippen molar-refractivity contribution in [3.63, 3.8) is 0 Å². The number of carbonyl (C=O) groups is 1. The summed E-state index contributed by atoms with van der Waals surface area (Å²) in [7, 11) is 1.83. The number of benzene rings is 1. The van der Waals surface area contributed by atoms with Crippen molar-refractivity contribution < 1.29 is 9.21 Å². The molecule has 6 heteroatoms. The summed E-state index contributed by atoms with van der Waals surface area (Å²) in [6.07, 6.45) is 1.61. The molecule has 2 N–H and O–H groups in total. The fourth-order valence-electron chi connectivity index (χ4n) is 2.20. The molecule has 3 rings (SSSR count). The molecule has 0 spiro atoms. The minimum atomic E-state index is -0.586. The fourth-order valence-corrected chi connectivity index (χ4v) is 2.20. The maximum atomic E-state index is 11.6. The molecular formula is C17H16N4O2. The number of nitrogens with zero attached hydrogens (tertiary/aromatic N) is 3. The monoisotopic (exact) mass is 308 g/mol. The van der Waals surface area contributed by atoms with Crippen molar-refractivity contribution >= 4 is 11.9 Å². The maximum Gasteiger partial charge on any atom is 0.267 e. The first kappa shape index (κ1) is 14.8. The lowest BCUT2D eigenvalue weighted by atomic mass is 10.1. The zero-order valence-electron chi connectivity index (χ0n) is 12.6. The lowest BCUT2D eigenvalue weighted by Gasteiger charge is -2.17. The van der Waals surface area contributed by atoms with Crippen LogP contribution in [0, 0.1) is 0 Å². The third kappa shape index (κ3) is 3.37. The van der Waals surface area contributed by atoms with Crippen molar-refractivity contribution in [3.05, 3.63) is 66.2 Å². The molecular weight excluding hydrogens is 292 g/mol. The van der Waals surface area contributed by atoms with Gasteiger partial charge in [0, 0.05) is 12.6 Å². The molecule has 6 nitrogen and oxygen atoms in total. The number of furan rings is 1. The molecule has 116 valence electrons. The molecule has 2 aromatic heterocycles. The molecule has 2 heterocycles. The summed E-state index contributed by atoms with van der Waals surface area (Å²) < 4.78 is 5.33. The average Bonchev–Trinajstić information content (AvgIpc) is 3.08. The Morgan fingerprint density at radius 1 is 1.17 bits per heavy atom. The number of aromatic nitrogens is 2. The number of rotatable bonds is 5. The van der Waals surface area contributed by atoms with Gasteiger partial charge >= 0.3 is 0 Å². The standard InChI is InChI=1S/C17H16N4O2/c1-21(11-13-8-5-9-23-13)17-19-14(10-15(20-17)16(18)22)12-6-3-2-4-7-12/h2-10H,11H2,1H3,(H2,18,22). The summed E-state index contributed by atoms with van der Waals surface area (Å²) in [5, 5.41) is 0. The smallest absolute Gasteiger partial charge is 0.267 e. The summed E-state index contributed by atoms with van der Waals surface area (Å²) in [6, 6.07) is 14.9. The van der Waals surface area contributed by atoms with Crippen LogP contribution in [0.4, 0.5) is 5.95 Å². The Morgan fingerprint density at radius 2 is 1.96 bits per heavy atom. The average molecular weight is 308 g/mol. The first-order chi connectivity index (χ1) is 11.1. The van der Waals surface area contributed by atoms with Crippen molar-refractivity contribution in [2.24, 2.45) is 5.73 Å². The van der Waals surface area contributed by atoms with E-state index in [-0.39, 0.29) is 5.69 Å².